The molecule has 1 aliphatic rings. The zero-order valence-electron chi connectivity index (χ0n) is 16.1. The van der Waals surface area contributed by atoms with E-state index in [1.54, 1.807) is 7.11 Å². The Morgan fingerprint density at radius 1 is 1.07 bits per heavy atom. The summed E-state index contributed by atoms with van der Waals surface area (Å²) < 4.78 is 5.11. The molecule has 0 bridgehead atoms. The minimum Gasteiger partial charge on any atom is -0.481 e. The largest absolute Gasteiger partial charge is 0.481 e. The fourth-order valence-corrected chi connectivity index (χ4v) is 3.50. The molecule has 2 aromatic heterocycles. The molecule has 0 radical (unpaired) electrons. The van der Waals surface area contributed by atoms with Crippen molar-refractivity contribution in [1.82, 2.24) is 20.1 Å². The van der Waals surface area contributed by atoms with Crippen LogP contribution in [0.2, 0.25) is 0 Å². The van der Waals surface area contributed by atoms with Crippen molar-refractivity contribution >= 4 is 11.6 Å². The van der Waals surface area contributed by atoms with Gasteiger partial charge in [0.25, 0.3) is 5.91 Å². The number of amides is 1. The van der Waals surface area contributed by atoms with E-state index in [0.29, 0.717) is 30.2 Å². The summed E-state index contributed by atoms with van der Waals surface area (Å²) in [5, 5.41) is 7.35. The van der Waals surface area contributed by atoms with Gasteiger partial charge in [0.15, 0.2) is 0 Å². The highest BCUT2D eigenvalue weighted by Crippen LogP contribution is 2.26. The summed E-state index contributed by atoms with van der Waals surface area (Å²) in [6.07, 6.45) is 1.81. The lowest BCUT2D eigenvalue weighted by atomic mass is 10.0. The van der Waals surface area contributed by atoms with E-state index >= 15 is 0 Å². The first-order valence-electron chi connectivity index (χ1n) is 9.32. The molecule has 7 nitrogen and oxygen atoms in total. The summed E-state index contributed by atoms with van der Waals surface area (Å²) in [6.45, 7) is 4.73. The number of benzene rings is 1. The normalized spacial score (nSPS) is 14.2. The predicted molar refractivity (Wildman–Crippen MR) is 108 cm³/mol. The van der Waals surface area contributed by atoms with Gasteiger partial charge < -0.3 is 14.5 Å². The van der Waals surface area contributed by atoms with E-state index in [1.807, 2.05) is 60.5 Å². The Hall–Kier alpha value is -3.35. The molecule has 1 aromatic carbocycles. The number of carbonyl (C=O) groups is 1. The summed E-state index contributed by atoms with van der Waals surface area (Å²) in [5.74, 6) is 0.624. The number of pyridine rings is 1. The molecule has 28 heavy (non-hydrogen) atoms. The number of rotatable bonds is 4. The highest BCUT2D eigenvalue weighted by atomic mass is 16.5. The smallest absolute Gasteiger partial charge is 0.258 e. The number of aryl methyl sites for hydroxylation is 1. The van der Waals surface area contributed by atoms with Crippen LogP contribution >= 0.6 is 0 Å². The van der Waals surface area contributed by atoms with Gasteiger partial charge >= 0.3 is 0 Å². The second-order valence-corrected chi connectivity index (χ2v) is 6.78. The third kappa shape index (κ3) is 3.43. The van der Waals surface area contributed by atoms with E-state index in [1.165, 1.54) is 0 Å². The minimum atomic E-state index is 0.0256. The molecule has 0 spiro atoms. The summed E-state index contributed by atoms with van der Waals surface area (Å²) in [7, 11) is 1.61. The molecule has 0 aliphatic carbocycles. The Morgan fingerprint density at radius 2 is 1.82 bits per heavy atom. The van der Waals surface area contributed by atoms with Crippen molar-refractivity contribution in [2.75, 3.05) is 38.2 Å². The molecule has 3 heterocycles. The summed E-state index contributed by atoms with van der Waals surface area (Å²) in [4.78, 5) is 21.6. The molecule has 144 valence electrons. The van der Waals surface area contributed by atoms with Crippen molar-refractivity contribution in [3.63, 3.8) is 0 Å². The number of anilines is 1. The Labute approximate surface area is 164 Å². The minimum absolute atomic E-state index is 0.0256. The van der Waals surface area contributed by atoms with E-state index < -0.39 is 0 Å². The van der Waals surface area contributed by atoms with Crippen LogP contribution < -0.4 is 9.64 Å². The number of hydrogen-bond acceptors (Lipinski definition) is 5. The Kier molecular flexibility index (Phi) is 4.97. The van der Waals surface area contributed by atoms with Crippen molar-refractivity contribution in [2.24, 2.45) is 0 Å². The first kappa shape index (κ1) is 18.0. The van der Waals surface area contributed by atoms with Crippen LogP contribution in [0.15, 0.2) is 48.7 Å². The summed E-state index contributed by atoms with van der Waals surface area (Å²) in [6, 6.07) is 13.7. The quantitative estimate of drug-likeness (QED) is 0.757. The number of nitrogens with zero attached hydrogens (tertiary/aromatic N) is 4. The number of hydrogen-bond donors (Lipinski definition) is 1. The number of piperazine rings is 1. The topological polar surface area (TPSA) is 74.3 Å². The van der Waals surface area contributed by atoms with Crippen molar-refractivity contribution < 1.29 is 9.53 Å². The van der Waals surface area contributed by atoms with Crippen LogP contribution in [0, 0.1) is 6.92 Å². The van der Waals surface area contributed by atoms with Crippen LogP contribution in [0.1, 0.15) is 16.1 Å². The SMILES string of the molecule is COc1ccc(N2CCN(C(=O)c3c(-c4ccccc4)n[nH]c3C)CC2)cn1. The maximum atomic E-state index is 13.2. The molecule has 0 unspecified atom stereocenters. The summed E-state index contributed by atoms with van der Waals surface area (Å²) in [5.41, 5.74) is 4.15. The van der Waals surface area contributed by atoms with Crippen molar-refractivity contribution in [3.05, 3.63) is 59.9 Å². The van der Waals surface area contributed by atoms with Gasteiger partial charge in [-0.3, -0.25) is 9.89 Å². The molecule has 3 aromatic rings. The number of aromatic amines is 1. The average molecular weight is 377 g/mol. The number of ether oxygens (including phenoxy) is 1. The van der Waals surface area contributed by atoms with Gasteiger partial charge in [-0.05, 0) is 13.0 Å². The third-order valence-electron chi connectivity index (χ3n) is 5.07. The molecule has 1 fully saturated rings. The van der Waals surface area contributed by atoms with Gasteiger partial charge in [0.2, 0.25) is 5.88 Å². The molecule has 4 rings (SSSR count). The van der Waals surface area contributed by atoms with Gasteiger partial charge in [-0.2, -0.15) is 5.10 Å². The van der Waals surface area contributed by atoms with Crippen LogP contribution in [0.25, 0.3) is 11.3 Å². The highest BCUT2D eigenvalue weighted by Gasteiger charge is 2.27. The maximum Gasteiger partial charge on any atom is 0.258 e. The lowest BCUT2D eigenvalue weighted by Gasteiger charge is -2.36. The molecule has 1 amide bonds. The number of methoxy groups -OCH3 is 1. The Morgan fingerprint density at radius 3 is 2.46 bits per heavy atom. The van der Waals surface area contributed by atoms with Crippen molar-refractivity contribution in [3.8, 4) is 17.1 Å². The van der Waals surface area contributed by atoms with E-state index in [0.717, 1.165) is 30.0 Å². The van der Waals surface area contributed by atoms with Gasteiger partial charge in [0.05, 0.1) is 24.6 Å². The van der Waals surface area contributed by atoms with Gasteiger partial charge in [-0.25, -0.2) is 4.98 Å². The first-order chi connectivity index (χ1) is 13.7. The molecule has 0 saturated carbocycles. The highest BCUT2D eigenvalue weighted by molar-refractivity contribution is 6.01. The molecular formula is C21H23N5O2. The van der Waals surface area contributed by atoms with E-state index in [2.05, 4.69) is 20.1 Å². The van der Waals surface area contributed by atoms with Gasteiger partial charge in [0, 0.05) is 43.5 Å². The lowest BCUT2D eigenvalue weighted by molar-refractivity contribution is 0.0747. The van der Waals surface area contributed by atoms with Crippen LogP contribution in [-0.4, -0.2) is 59.3 Å². The number of nitrogens with one attached hydrogen (secondary N) is 1. The van der Waals surface area contributed by atoms with E-state index in [-0.39, 0.29) is 5.91 Å². The van der Waals surface area contributed by atoms with Crippen LogP contribution in [-0.2, 0) is 0 Å². The number of aromatic nitrogens is 3. The van der Waals surface area contributed by atoms with Gasteiger partial charge in [-0.1, -0.05) is 30.3 Å². The first-order valence-corrected chi connectivity index (χ1v) is 9.32. The van der Waals surface area contributed by atoms with Gasteiger partial charge in [-0.15, -0.1) is 0 Å². The Bertz CT molecular complexity index is 945. The molecule has 1 N–H and O–H groups in total. The molecule has 0 atom stereocenters. The molecule has 1 saturated heterocycles. The van der Waals surface area contributed by atoms with Crippen molar-refractivity contribution in [1.29, 1.82) is 0 Å². The zero-order valence-corrected chi connectivity index (χ0v) is 16.1. The molecule has 7 heteroatoms. The third-order valence-corrected chi connectivity index (χ3v) is 5.07. The number of carbonyl (C=O) groups excluding carboxylic acids is 1. The standard InChI is InChI=1S/C21H23N5O2/c1-15-19(20(24-23-15)16-6-4-3-5-7-16)21(27)26-12-10-25(11-13-26)17-8-9-18(28-2)22-14-17/h3-9,14H,10-13H2,1-2H3,(H,23,24). The van der Waals surface area contributed by atoms with E-state index in [4.69, 9.17) is 4.74 Å². The second-order valence-electron chi connectivity index (χ2n) is 6.78. The Balaban J connectivity index is 1.48. The maximum absolute atomic E-state index is 13.2. The zero-order chi connectivity index (χ0) is 19.5. The fraction of sp³-hybridized carbons (Fsp3) is 0.286. The van der Waals surface area contributed by atoms with E-state index in [9.17, 15) is 4.79 Å². The fourth-order valence-electron chi connectivity index (χ4n) is 3.50. The average Bonchev–Trinajstić information content (AvgIpc) is 3.15. The van der Waals surface area contributed by atoms with Crippen LogP contribution in [0.4, 0.5) is 5.69 Å². The number of H-pyrrole nitrogens is 1. The second kappa shape index (κ2) is 7.72. The lowest BCUT2D eigenvalue weighted by Crippen LogP contribution is -2.49. The van der Waals surface area contributed by atoms with Crippen LogP contribution in [0.3, 0.4) is 0 Å². The molecule has 1 aliphatic heterocycles. The predicted octanol–water partition coefficient (Wildman–Crippen LogP) is 2.75. The van der Waals surface area contributed by atoms with Crippen molar-refractivity contribution in [2.45, 2.75) is 6.92 Å². The molecular weight excluding hydrogens is 354 g/mol. The van der Waals surface area contributed by atoms with Crippen LogP contribution in [0.5, 0.6) is 5.88 Å². The monoisotopic (exact) mass is 377 g/mol. The summed E-state index contributed by atoms with van der Waals surface area (Å²) >= 11 is 0. The van der Waals surface area contributed by atoms with Gasteiger partial charge in [0.1, 0.15) is 5.69 Å².